The van der Waals surface area contributed by atoms with E-state index in [4.69, 9.17) is 0 Å². The van der Waals surface area contributed by atoms with Gasteiger partial charge in [-0.15, -0.1) is 0 Å². The number of aryl methyl sites for hydroxylation is 1. The van der Waals surface area contributed by atoms with E-state index in [-0.39, 0.29) is 17.0 Å². The Hall–Kier alpha value is -1.62. The van der Waals surface area contributed by atoms with Gasteiger partial charge in [0.05, 0.1) is 0 Å². The second-order valence-electron chi connectivity index (χ2n) is 6.41. The number of nitrogens with one attached hydrogen (secondary N) is 1. The molecule has 1 fully saturated rings. The number of hydrogen-bond donors (Lipinski definition) is 1. The minimum atomic E-state index is -0.183. The molecule has 2 heterocycles. The molecule has 0 aromatic carbocycles. The van der Waals surface area contributed by atoms with Crippen LogP contribution in [-0.2, 0) is 7.05 Å². The molecule has 0 spiro atoms. The van der Waals surface area contributed by atoms with Crippen molar-refractivity contribution in [3.05, 3.63) is 34.2 Å². The zero-order valence-electron chi connectivity index (χ0n) is 13.2. The van der Waals surface area contributed by atoms with Crippen LogP contribution < -0.4 is 10.9 Å². The SMILES string of the molecule is Cn1ccc(C(=O)NCC(C)(C)N2CCCCC2)cc1=O. The van der Waals surface area contributed by atoms with Gasteiger partial charge in [0.15, 0.2) is 0 Å². The summed E-state index contributed by atoms with van der Waals surface area (Å²) in [6, 6.07) is 3.05. The number of piperidine rings is 1. The topological polar surface area (TPSA) is 54.3 Å². The number of amides is 1. The summed E-state index contributed by atoms with van der Waals surface area (Å²) in [5, 5.41) is 2.95. The van der Waals surface area contributed by atoms with Crippen LogP contribution in [0.5, 0.6) is 0 Å². The third-order valence-electron chi connectivity index (χ3n) is 4.26. The van der Waals surface area contributed by atoms with E-state index in [0.717, 1.165) is 13.1 Å². The first-order valence-corrected chi connectivity index (χ1v) is 7.60. The van der Waals surface area contributed by atoms with Gasteiger partial charge in [0.2, 0.25) is 0 Å². The molecule has 1 N–H and O–H groups in total. The highest BCUT2D eigenvalue weighted by atomic mass is 16.2. The average molecular weight is 291 g/mol. The summed E-state index contributed by atoms with van der Waals surface area (Å²) < 4.78 is 1.45. The third-order valence-corrected chi connectivity index (χ3v) is 4.26. The number of carbonyl (C=O) groups excluding carboxylic acids is 1. The van der Waals surface area contributed by atoms with Crippen LogP contribution >= 0.6 is 0 Å². The molecule has 0 aliphatic carbocycles. The minimum absolute atomic E-state index is 0.0597. The first kappa shape index (κ1) is 15.8. The van der Waals surface area contributed by atoms with E-state index in [1.54, 1.807) is 19.3 Å². The molecule has 5 nitrogen and oxygen atoms in total. The summed E-state index contributed by atoms with van der Waals surface area (Å²) in [6.45, 7) is 7.08. The Morgan fingerprint density at radius 2 is 1.95 bits per heavy atom. The van der Waals surface area contributed by atoms with Gasteiger partial charge in [0.1, 0.15) is 0 Å². The highest BCUT2D eigenvalue weighted by Crippen LogP contribution is 2.19. The van der Waals surface area contributed by atoms with Gasteiger partial charge in [-0.1, -0.05) is 6.42 Å². The van der Waals surface area contributed by atoms with Crippen LogP contribution in [0.3, 0.4) is 0 Å². The van der Waals surface area contributed by atoms with Gasteiger partial charge in [-0.25, -0.2) is 0 Å². The molecule has 116 valence electrons. The fourth-order valence-electron chi connectivity index (χ4n) is 2.70. The van der Waals surface area contributed by atoms with Crippen LogP contribution in [0, 0.1) is 0 Å². The Kier molecular flexibility index (Phi) is 4.83. The van der Waals surface area contributed by atoms with Gasteiger partial charge >= 0.3 is 0 Å². The Balaban J connectivity index is 1.96. The first-order valence-electron chi connectivity index (χ1n) is 7.60. The quantitative estimate of drug-likeness (QED) is 0.912. The summed E-state index contributed by atoms with van der Waals surface area (Å²) >= 11 is 0. The van der Waals surface area contributed by atoms with E-state index in [9.17, 15) is 9.59 Å². The van der Waals surface area contributed by atoms with E-state index < -0.39 is 0 Å². The molecule has 1 aromatic rings. The second-order valence-corrected chi connectivity index (χ2v) is 6.41. The molecule has 1 aromatic heterocycles. The van der Waals surface area contributed by atoms with Crippen molar-refractivity contribution in [2.45, 2.75) is 38.6 Å². The Labute approximate surface area is 126 Å². The molecule has 0 saturated carbocycles. The highest BCUT2D eigenvalue weighted by molar-refractivity contribution is 5.94. The lowest BCUT2D eigenvalue weighted by Gasteiger charge is -2.41. The number of pyridine rings is 1. The van der Waals surface area contributed by atoms with Crippen LogP contribution in [0.25, 0.3) is 0 Å². The molecule has 21 heavy (non-hydrogen) atoms. The molecule has 5 heteroatoms. The first-order chi connectivity index (χ1) is 9.90. The van der Waals surface area contributed by atoms with Crippen molar-refractivity contribution >= 4 is 5.91 Å². The van der Waals surface area contributed by atoms with Gasteiger partial charge in [-0.3, -0.25) is 14.5 Å². The molecule has 1 aliphatic heterocycles. The molecule has 1 saturated heterocycles. The van der Waals surface area contributed by atoms with Crippen molar-refractivity contribution in [1.82, 2.24) is 14.8 Å². The predicted octanol–water partition coefficient (Wildman–Crippen LogP) is 1.38. The van der Waals surface area contributed by atoms with Crippen LogP contribution in [0.2, 0.25) is 0 Å². The fourth-order valence-corrected chi connectivity index (χ4v) is 2.70. The van der Waals surface area contributed by atoms with E-state index >= 15 is 0 Å². The summed E-state index contributed by atoms with van der Waals surface area (Å²) in [6.07, 6.45) is 5.37. The molecule has 0 radical (unpaired) electrons. The fraction of sp³-hybridized carbons (Fsp3) is 0.625. The number of hydrogen-bond acceptors (Lipinski definition) is 3. The lowest BCUT2D eigenvalue weighted by atomic mass is 9.98. The van der Waals surface area contributed by atoms with Crippen molar-refractivity contribution in [1.29, 1.82) is 0 Å². The average Bonchev–Trinajstić information content (AvgIpc) is 2.48. The van der Waals surface area contributed by atoms with E-state index in [1.165, 1.54) is 29.9 Å². The summed E-state index contributed by atoms with van der Waals surface area (Å²) in [4.78, 5) is 26.2. The second kappa shape index (κ2) is 6.43. The molecule has 0 unspecified atom stereocenters. The molecule has 2 rings (SSSR count). The van der Waals surface area contributed by atoms with Crippen molar-refractivity contribution in [2.75, 3.05) is 19.6 Å². The van der Waals surface area contributed by atoms with Crippen LogP contribution in [0.1, 0.15) is 43.5 Å². The van der Waals surface area contributed by atoms with E-state index in [2.05, 4.69) is 24.1 Å². The number of nitrogens with zero attached hydrogens (tertiary/aromatic N) is 2. The monoisotopic (exact) mass is 291 g/mol. The summed E-state index contributed by atoms with van der Waals surface area (Å²) in [7, 11) is 1.67. The predicted molar refractivity (Wildman–Crippen MR) is 83.5 cm³/mol. The maximum absolute atomic E-state index is 12.2. The Morgan fingerprint density at radius 1 is 1.29 bits per heavy atom. The lowest BCUT2D eigenvalue weighted by molar-refractivity contribution is 0.0797. The van der Waals surface area contributed by atoms with Crippen LogP contribution in [0.4, 0.5) is 0 Å². The van der Waals surface area contributed by atoms with E-state index in [1.807, 2.05) is 0 Å². The van der Waals surface area contributed by atoms with Gasteiger partial charge in [-0.2, -0.15) is 0 Å². The van der Waals surface area contributed by atoms with Gasteiger partial charge in [0, 0.05) is 37.0 Å². The Morgan fingerprint density at radius 3 is 2.57 bits per heavy atom. The molecule has 1 aliphatic rings. The smallest absolute Gasteiger partial charge is 0.251 e. The lowest BCUT2D eigenvalue weighted by Crippen LogP contribution is -2.53. The zero-order chi connectivity index (χ0) is 15.5. The van der Waals surface area contributed by atoms with Crippen molar-refractivity contribution in [2.24, 2.45) is 7.05 Å². The van der Waals surface area contributed by atoms with Crippen molar-refractivity contribution in [3.63, 3.8) is 0 Å². The number of aromatic nitrogens is 1. The standard InChI is InChI=1S/C16H25N3O2/c1-16(2,19-8-5-4-6-9-19)12-17-15(21)13-7-10-18(3)14(20)11-13/h7,10-11H,4-6,8-9,12H2,1-3H3,(H,17,21). The van der Waals surface area contributed by atoms with Crippen molar-refractivity contribution < 1.29 is 4.79 Å². The summed E-state index contributed by atoms with van der Waals surface area (Å²) in [5.41, 5.74) is 0.195. The minimum Gasteiger partial charge on any atom is -0.350 e. The molecular formula is C16H25N3O2. The third kappa shape index (κ3) is 3.94. The molecule has 0 bridgehead atoms. The van der Waals surface area contributed by atoms with Crippen LogP contribution in [-0.4, -0.2) is 40.5 Å². The van der Waals surface area contributed by atoms with Gasteiger partial charge in [-0.05, 0) is 45.8 Å². The zero-order valence-corrected chi connectivity index (χ0v) is 13.2. The largest absolute Gasteiger partial charge is 0.350 e. The van der Waals surface area contributed by atoms with E-state index in [0.29, 0.717) is 12.1 Å². The number of likely N-dealkylation sites (tertiary alicyclic amines) is 1. The van der Waals surface area contributed by atoms with Gasteiger partial charge in [0.25, 0.3) is 11.5 Å². The molecular weight excluding hydrogens is 266 g/mol. The number of rotatable bonds is 4. The normalized spacial score (nSPS) is 16.7. The van der Waals surface area contributed by atoms with Crippen molar-refractivity contribution in [3.8, 4) is 0 Å². The highest BCUT2D eigenvalue weighted by Gasteiger charge is 2.28. The maximum atomic E-state index is 12.2. The Bertz CT molecular complexity index is 557. The molecule has 1 amide bonds. The van der Waals surface area contributed by atoms with Crippen LogP contribution in [0.15, 0.2) is 23.1 Å². The van der Waals surface area contributed by atoms with Gasteiger partial charge < -0.3 is 9.88 Å². The number of carbonyl (C=O) groups is 1. The molecule has 0 atom stereocenters. The maximum Gasteiger partial charge on any atom is 0.251 e. The summed E-state index contributed by atoms with van der Waals surface area (Å²) in [5.74, 6) is -0.183.